The molecule has 1 N–H and O–H groups in total. The molecule has 2 aromatic heterocycles. The van der Waals surface area contributed by atoms with E-state index in [0.29, 0.717) is 18.0 Å². The molecule has 0 saturated carbocycles. The largest absolute Gasteiger partial charge is 0.485 e. The number of hydrogen-bond donors (Lipinski definition) is 1. The van der Waals surface area contributed by atoms with E-state index in [0.717, 1.165) is 16.9 Å². The van der Waals surface area contributed by atoms with Crippen LogP contribution >= 0.6 is 0 Å². The summed E-state index contributed by atoms with van der Waals surface area (Å²) >= 11 is 0. The first-order valence-electron chi connectivity index (χ1n) is 9.73. The van der Waals surface area contributed by atoms with E-state index < -0.39 is 0 Å². The molecule has 0 aliphatic heterocycles. The molecule has 152 valence electrons. The number of anilines is 1. The summed E-state index contributed by atoms with van der Waals surface area (Å²) in [4.78, 5) is 12.5. The van der Waals surface area contributed by atoms with Crippen molar-refractivity contribution in [2.75, 3.05) is 5.32 Å². The molecule has 0 fully saturated rings. The number of rotatable bonds is 7. The first-order valence-corrected chi connectivity index (χ1v) is 9.73. The summed E-state index contributed by atoms with van der Waals surface area (Å²) in [6.07, 6.45) is 3.42. The summed E-state index contributed by atoms with van der Waals surface area (Å²) in [6.45, 7) is 4.93. The lowest BCUT2D eigenvalue weighted by atomic mass is 10.1. The normalized spacial score (nSPS) is 10.7. The van der Waals surface area contributed by atoms with Gasteiger partial charge in [0.15, 0.2) is 5.76 Å². The molecular weight excluding hydrogens is 378 g/mol. The van der Waals surface area contributed by atoms with E-state index in [2.05, 4.69) is 35.5 Å². The van der Waals surface area contributed by atoms with Gasteiger partial charge in [0.1, 0.15) is 18.1 Å². The van der Waals surface area contributed by atoms with Gasteiger partial charge in [0.25, 0.3) is 5.91 Å². The van der Waals surface area contributed by atoms with Gasteiger partial charge >= 0.3 is 0 Å². The Morgan fingerprint density at radius 3 is 2.80 bits per heavy atom. The van der Waals surface area contributed by atoms with Crippen LogP contribution in [0.2, 0.25) is 0 Å². The second-order valence-corrected chi connectivity index (χ2v) is 7.19. The number of nitrogens with one attached hydrogen (secondary N) is 1. The fraction of sp³-hybridized carbons (Fsp3) is 0.167. The zero-order chi connectivity index (χ0) is 20.9. The standard InChI is InChI=1S/C24H23N3O3/c1-17-6-5-8-19(12-17)14-27-15-20(13-25-27)26-24(28)23-11-10-21(30-23)16-29-22-9-4-3-7-18(22)2/h3-13,15H,14,16H2,1-2H3,(H,26,28). The number of nitrogens with zero attached hydrogens (tertiary/aromatic N) is 2. The van der Waals surface area contributed by atoms with Crippen molar-refractivity contribution in [2.45, 2.75) is 27.0 Å². The predicted molar refractivity (Wildman–Crippen MR) is 115 cm³/mol. The Labute approximate surface area is 175 Å². The number of furan rings is 1. The Kier molecular flexibility index (Phi) is 5.66. The summed E-state index contributed by atoms with van der Waals surface area (Å²) in [5.74, 6) is 1.27. The van der Waals surface area contributed by atoms with Gasteiger partial charge in [-0.2, -0.15) is 5.10 Å². The number of aromatic nitrogens is 2. The maximum Gasteiger partial charge on any atom is 0.291 e. The quantitative estimate of drug-likeness (QED) is 0.475. The van der Waals surface area contributed by atoms with Gasteiger partial charge in [0.2, 0.25) is 0 Å². The summed E-state index contributed by atoms with van der Waals surface area (Å²) < 4.78 is 13.2. The number of hydrogen-bond acceptors (Lipinski definition) is 4. The highest BCUT2D eigenvalue weighted by molar-refractivity contribution is 6.02. The lowest BCUT2D eigenvalue weighted by Gasteiger charge is -2.06. The third kappa shape index (κ3) is 4.78. The molecule has 6 nitrogen and oxygen atoms in total. The van der Waals surface area contributed by atoms with E-state index in [9.17, 15) is 4.79 Å². The van der Waals surface area contributed by atoms with Crippen LogP contribution in [-0.2, 0) is 13.2 Å². The molecule has 2 heterocycles. The van der Waals surface area contributed by atoms with Gasteiger partial charge < -0.3 is 14.5 Å². The number of ether oxygens (including phenoxy) is 1. The average molecular weight is 401 g/mol. The summed E-state index contributed by atoms with van der Waals surface area (Å²) in [5.41, 5.74) is 4.01. The van der Waals surface area contributed by atoms with Gasteiger partial charge in [0.05, 0.1) is 18.4 Å². The molecule has 0 atom stereocenters. The van der Waals surface area contributed by atoms with Gasteiger partial charge in [-0.05, 0) is 43.2 Å². The SMILES string of the molecule is Cc1cccc(Cn2cc(NC(=O)c3ccc(COc4ccccc4C)o3)cn2)c1. The fourth-order valence-electron chi connectivity index (χ4n) is 3.15. The van der Waals surface area contributed by atoms with Gasteiger partial charge in [-0.1, -0.05) is 48.0 Å². The van der Waals surface area contributed by atoms with E-state index in [1.54, 1.807) is 29.2 Å². The molecule has 0 aliphatic carbocycles. The number of carbonyl (C=O) groups is 1. The average Bonchev–Trinajstić information content (AvgIpc) is 3.37. The van der Waals surface area contributed by atoms with Gasteiger partial charge in [-0.15, -0.1) is 0 Å². The zero-order valence-electron chi connectivity index (χ0n) is 17.0. The Bertz CT molecular complexity index is 1160. The first kappa shape index (κ1) is 19.5. The molecule has 2 aromatic carbocycles. The van der Waals surface area contributed by atoms with E-state index in [-0.39, 0.29) is 18.3 Å². The van der Waals surface area contributed by atoms with Crippen molar-refractivity contribution in [3.63, 3.8) is 0 Å². The van der Waals surface area contributed by atoms with Crippen molar-refractivity contribution < 1.29 is 13.9 Å². The van der Waals surface area contributed by atoms with Crippen LogP contribution in [-0.4, -0.2) is 15.7 Å². The minimum Gasteiger partial charge on any atom is -0.485 e. The molecule has 30 heavy (non-hydrogen) atoms. The summed E-state index contributed by atoms with van der Waals surface area (Å²) in [6, 6.07) is 19.4. The molecule has 0 saturated heterocycles. The van der Waals surface area contributed by atoms with E-state index in [1.807, 2.05) is 37.3 Å². The van der Waals surface area contributed by atoms with Gasteiger partial charge in [-0.25, -0.2) is 0 Å². The number of aryl methyl sites for hydroxylation is 2. The Hall–Kier alpha value is -3.80. The fourth-order valence-corrected chi connectivity index (χ4v) is 3.15. The van der Waals surface area contributed by atoms with Gasteiger partial charge in [0, 0.05) is 6.20 Å². The van der Waals surface area contributed by atoms with Crippen LogP contribution in [0.25, 0.3) is 0 Å². The number of para-hydroxylation sites is 1. The Balaban J connectivity index is 1.34. The molecular formula is C24H23N3O3. The van der Waals surface area contributed by atoms with Crippen LogP contribution in [0.4, 0.5) is 5.69 Å². The Morgan fingerprint density at radius 1 is 1.10 bits per heavy atom. The summed E-state index contributed by atoms with van der Waals surface area (Å²) in [5, 5.41) is 7.13. The van der Waals surface area contributed by atoms with Crippen LogP contribution < -0.4 is 10.1 Å². The molecule has 0 unspecified atom stereocenters. The van der Waals surface area contributed by atoms with E-state index in [1.165, 1.54) is 5.56 Å². The maximum atomic E-state index is 12.5. The minimum atomic E-state index is -0.327. The zero-order valence-corrected chi connectivity index (χ0v) is 17.0. The molecule has 0 bridgehead atoms. The molecule has 6 heteroatoms. The first-order chi connectivity index (χ1) is 14.6. The van der Waals surface area contributed by atoms with Crippen LogP contribution in [0.5, 0.6) is 5.75 Å². The van der Waals surface area contributed by atoms with Crippen molar-refractivity contribution >= 4 is 11.6 Å². The summed E-state index contributed by atoms with van der Waals surface area (Å²) in [7, 11) is 0. The lowest BCUT2D eigenvalue weighted by molar-refractivity contribution is 0.0992. The Morgan fingerprint density at radius 2 is 1.97 bits per heavy atom. The van der Waals surface area contributed by atoms with Crippen LogP contribution in [0.15, 0.2) is 77.5 Å². The molecule has 0 spiro atoms. The van der Waals surface area contributed by atoms with Crippen LogP contribution in [0.1, 0.15) is 33.0 Å². The van der Waals surface area contributed by atoms with E-state index >= 15 is 0 Å². The number of benzene rings is 2. The van der Waals surface area contributed by atoms with Crippen molar-refractivity contribution in [3.8, 4) is 5.75 Å². The molecule has 0 aliphatic rings. The van der Waals surface area contributed by atoms with Crippen molar-refractivity contribution in [1.82, 2.24) is 9.78 Å². The third-order valence-corrected chi connectivity index (χ3v) is 4.67. The monoisotopic (exact) mass is 401 g/mol. The minimum absolute atomic E-state index is 0.227. The predicted octanol–water partition coefficient (Wildman–Crippen LogP) is 4.97. The number of amides is 1. The molecule has 4 aromatic rings. The third-order valence-electron chi connectivity index (χ3n) is 4.67. The molecule has 4 rings (SSSR count). The van der Waals surface area contributed by atoms with Crippen molar-refractivity contribution in [3.05, 3.63) is 101 Å². The van der Waals surface area contributed by atoms with Crippen LogP contribution in [0.3, 0.4) is 0 Å². The molecule has 1 amide bonds. The van der Waals surface area contributed by atoms with Crippen molar-refractivity contribution in [1.29, 1.82) is 0 Å². The van der Waals surface area contributed by atoms with Gasteiger partial charge in [-0.3, -0.25) is 9.48 Å². The highest BCUT2D eigenvalue weighted by Crippen LogP contribution is 2.19. The lowest BCUT2D eigenvalue weighted by Crippen LogP contribution is -2.10. The second kappa shape index (κ2) is 8.69. The number of carbonyl (C=O) groups excluding carboxylic acids is 1. The highest BCUT2D eigenvalue weighted by Gasteiger charge is 2.13. The smallest absolute Gasteiger partial charge is 0.291 e. The second-order valence-electron chi connectivity index (χ2n) is 7.19. The topological polar surface area (TPSA) is 69.3 Å². The van der Waals surface area contributed by atoms with E-state index in [4.69, 9.17) is 9.15 Å². The van der Waals surface area contributed by atoms with Crippen LogP contribution in [0, 0.1) is 13.8 Å². The van der Waals surface area contributed by atoms with Crippen molar-refractivity contribution in [2.24, 2.45) is 0 Å². The highest BCUT2D eigenvalue weighted by atomic mass is 16.5. The maximum absolute atomic E-state index is 12.5. The molecule has 0 radical (unpaired) electrons.